The van der Waals surface area contributed by atoms with Gasteiger partial charge in [-0.3, -0.25) is 0 Å². The molecule has 2 unspecified atom stereocenters. The molecule has 0 saturated heterocycles. The second kappa shape index (κ2) is 14.2. The van der Waals surface area contributed by atoms with Crippen molar-refractivity contribution in [1.29, 1.82) is 0 Å². The zero-order valence-electron chi connectivity index (χ0n) is 36.5. The number of benzene rings is 7. The van der Waals surface area contributed by atoms with Crippen molar-refractivity contribution in [1.82, 2.24) is 0 Å². The Kier molecular flexibility index (Phi) is 8.50. The van der Waals surface area contributed by atoms with E-state index >= 15 is 0 Å². The van der Waals surface area contributed by atoms with Crippen molar-refractivity contribution in [3.8, 4) is 0 Å². The van der Waals surface area contributed by atoms with Gasteiger partial charge in [-0.2, -0.15) is 0 Å². The van der Waals surface area contributed by atoms with Crippen molar-refractivity contribution >= 4 is 57.2 Å². The average molecular weight is 814 g/mol. The van der Waals surface area contributed by atoms with E-state index < -0.39 is 0 Å². The van der Waals surface area contributed by atoms with Gasteiger partial charge in [0.25, 0.3) is 0 Å². The van der Waals surface area contributed by atoms with Crippen LogP contribution in [0.3, 0.4) is 0 Å². The van der Waals surface area contributed by atoms with Gasteiger partial charge in [-0.15, -0.1) is 0 Å². The molecule has 5 aliphatic rings. The highest BCUT2D eigenvalue weighted by molar-refractivity contribution is 6.03. The van der Waals surface area contributed by atoms with E-state index in [2.05, 4.69) is 243 Å². The lowest BCUT2D eigenvalue weighted by Gasteiger charge is -2.43. The highest BCUT2D eigenvalue weighted by atomic mass is 15.3. The van der Waals surface area contributed by atoms with Crippen LogP contribution in [0.4, 0.5) is 39.8 Å². The van der Waals surface area contributed by atoms with E-state index in [0.29, 0.717) is 11.8 Å². The van der Waals surface area contributed by atoms with Crippen LogP contribution >= 0.6 is 0 Å². The van der Waals surface area contributed by atoms with Crippen molar-refractivity contribution in [2.24, 2.45) is 5.92 Å². The van der Waals surface area contributed by atoms with Gasteiger partial charge in [0.15, 0.2) is 0 Å². The number of hydrogen-bond donors (Lipinski definition) is 0. The Morgan fingerprint density at radius 2 is 1.05 bits per heavy atom. The molecule has 7 aromatic carbocycles. The first-order valence-corrected chi connectivity index (χ1v) is 22.7. The number of rotatable bonds is 5. The molecule has 63 heavy (non-hydrogen) atoms. The summed E-state index contributed by atoms with van der Waals surface area (Å²) in [5, 5.41) is 2.62. The summed E-state index contributed by atoms with van der Waals surface area (Å²) in [6.45, 7) is 9.64. The predicted octanol–water partition coefficient (Wildman–Crippen LogP) is 14.0. The highest BCUT2D eigenvalue weighted by Gasteiger charge is 2.46. The number of allylic oxidation sites excluding steroid dienone is 4. The second-order valence-corrected chi connectivity index (χ2v) is 18.9. The molecule has 0 fully saturated rings. The monoisotopic (exact) mass is 813 g/mol. The molecular formula is C60H51N3. The fourth-order valence-electron chi connectivity index (χ4n) is 11.7. The van der Waals surface area contributed by atoms with Crippen LogP contribution in [0.5, 0.6) is 0 Å². The smallest absolute Gasteiger partial charge is 0.0703 e. The van der Waals surface area contributed by atoms with E-state index in [1.807, 2.05) is 0 Å². The molecule has 0 amide bonds. The van der Waals surface area contributed by atoms with E-state index in [0.717, 1.165) is 18.5 Å². The molecule has 0 bridgehead atoms. The quantitative estimate of drug-likeness (QED) is 0.171. The summed E-state index contributed by atoms with van der Waals surface area (Å²) in [4.78, 5) is 7.45. The number of fused-ring (bicyclic) bond motifs is 8. The molecule has 7 aromatic rings. The van der Waals surface area contributed by atoms with Gasteiger partial charge in [-0.25, -0.2) is 0 Å². The van der Waals surface area contributed by atoms with Crippen molar-refractivity contribution in [2.45, 2.75) is 57.3 Å². The van der Waals surface area contributed by atoms with Crippen molar-refractivity contribution in [3.63, 3.8) is 0 Å². The average Bonchev–Trinajstić information content (AvgIpc) is 3.55. The molecule has 3 heteroatoms. The molecule has 2 heterocycles. The van der Waals surface area contributed by atoms with Crippen LogP contribution in [0, 0.1) is 5.92 Å². The van der Waals surface area contributed by atoms with E-state index in [1.165, 1.54) is 89.3 Å². The molecule has 0 saturated carbocycles. The lowest BCUT2D eigenvalue weighted by Crippen LogP contribution is -2.38. The molecular weight excluding hydrogens is 763 g/mol. The number of para-hydroxylation sites is 7. The Morgan fingerprint density at radius 3 is 1.70 bits per heavy atom. The SMILES string of the molecule is CC1(C)c2ccccc2N(C2=CC3C(C=C2)c2ccc(/C=C/C4=c5ccccc5=C(N5c6ccccc6N(c6ccccc6)c6ccccc65)CC4)cc2C3(C)C)c2ccccc21. The Labute approximate surface area is 371 Å². The summed E-state index contributed by atoms with van der Waals surface area (Å²) in [7, 11) is 0. The van der Waals surface area contributed by atoms with Crippen molar-refractivity contribution in [3.05, 3.63) is 238 Å². The van der Waals surface area contributed by atoms with Gasteiger partial charge in [0.1, 0.15) is 0 Å². The summed E-state index contributed by atoms with van der Waals surface area (Å²) >= 11 is 0. The minimum atomic E-state index is -0.0758. The first-order valence-electron chi connectivity index (χ1n) is 22.7. The number of anilines is 7. The first kappa shape index (κ1) is 37.6. The minimum absolute atomic E-state index is 0.0422. The molecule has 0 radical (unpaired) electrons. The van der Waals surface area contributed by atoms with Crippen LogP contribution in [-0.4, -0.2) is 0 Å². The summed E-state index contributed by atoms with van der Waals surface area (Å²) in [6.07, 6.45) is 14.1. The fraction of sp³-hybridized carbons (Fsp3) is 0.167. The fourth-order valence-corrected chi connectivity index (χ4v) is 11.7. The molecule has 3 nitrogen and oxygen atoms in total. The van der Waals surface area contributed by atoms with Crippen LogP contribution in [0.1, 0.15) is 74.3 Å². The van der Waals surface area contributed by atoms with Crippen LogP contribution in [0.15, 0.2) is 200 Å². The standard InChI is InChI=1S/C60H51N3/c1-59(2)48-22-10-12-24-53(48)62(54-25-13-11-23-49(54)59)43-34-36-46-45-35-31-40(38-50(45)60(3,4)51(46)39-43)30-32-41-33-37-52(47-21-9-8-20-44(41)47)63-57-28-16-14-26-55(57)61(42-18-6-5-7-19-42)56-27-15-17-29-58(56)63/h5-32,34-36,38-39,46,51H,33,37H2,1-4H3/b32-30+. The van der Waals surface area contributed by atoms with Gasteiger partial charge in [0.05, 0.1) is 34.1 Å². The first-order chi connectivity index (χ1) is 30.8. The predicted molar refractivity (Wildman–Crippen MR) is 264 cm³/mol. The summed E-state index contributed by atoms with van der Waals surface area (Å²) in [6, 6.07) is 62.7. The van der Waals surface area contributed by atoms with Crippen LogP contribution in [-0.2, 0) is 10.8 Å². The van der Waals surface area contributed by atoms with E-state index in [1.54, 1.807) is 0 Å². The van der Waals surface area contributed by atoms with E-state index in [9.17, 15) is 0 Å². The Bertz CT molecular complexity index is 3120. The normalized spacial score (nSPS) is 19.7. The molecule has 2 atom stereocenters. The van der Waals surface area contributed by atoms with Gasteiger partial charge >= 0.3 is 0 Å². The second-order valence-electron chi connectivity index (χ2n) is 18.9. The Balaban J connectivity index is 0.900. The van der Waals surface area contributed by atoms with Gasteiger partial charge < -0.3 is 14.7 Å². The van der Waals surface area contributed by atoms with Crippen molar-refractivity contribution < 1.29 is 0 Å². The van der Waals surface area contributed by atoms with Crippen LogP contribution < -0.4 is 25.1 Å². The van der Waals surface area contributed by atoms with E-state index in [4.69, 9.17) is 0 Å². The zero-order chi connectivity index (χ0) is 42.5. The third-order valence-electron chi connectivity index (χ3n) is 14.8. The number of nitrogens with zero attached hydrogens (tertiary/aromatic N) is 3. The van der Waals surface area contributed by atoms with Crippen LogP contribution in [0.2, 0.25) is 0 Å². The lowest BCUT2D eigenvalue weighted by molar-refractivity contribution is 0.392. The Hall–Kier alpha value is -7.10. The van der Waals surface area contributed by atoms with Gasteiger partial charge in [0.2, 0.25) is 0 Å². The maximum Gasteiger partial charge on any atom is 0.0703 e. The summed E-state index contributed by atoms with van der Waals surface area (Å²) < 4.78 is 0. The minimum Gasteiger partial charge on any atom is -0.310 e. The highest BCUT2D eigenvalue weighted by Crippen LogP contribution is 2.57. The third kappa shape index (κ3) is 5.72. The maximum absolute atomic E-state index is 2.58. The molecule has 3 aliphatic carbocycles. The largest absolute Gasteiger partial charge is 0.310 e. The van der Waals surface area contributed by atoms with Gasteiger partial charge in [0, 0.05) is 33.6 Å². The molecule has 0 aromatic heterocycles. The molecule has 306 valence electrons. The van der Waals surface area contributed by atoms with Gasteiger partial charge in [-0.05, 0) is 117 Å². The van der Waals surface area contributed by atoms with E-state index in [-0.39, 0.29) is 10.8 Å². The van der Waals surface area contributed by atoms with Crippen molar-refractivity contribution in [2.75, 3.05) is 14.7 Å². The molecule has 12 rings (SSSR count). The molecule has 0 spiro atoms. The maximum atomic E-state index is 2.58. The number of hydrogen-bond acceptors (Lipinski definition) is 3. The molecule has 2 aliphatic heterocycles. The van der Waals surface area contributed by atoms with Crippen LogP contribution in [0.25, 0.3) is 17.3 Å². The zero-order valence-corrected chi connectivity index (χ0v) is 36.5. The third-order valence-corrected chi connectivity index (χ3v) is 14.8. The topological polar surface area (TPSA) is 9.72 Å². The lowest BCUT2D eigenvalue weighted by atomic mass is 9.72. The van der Waals surface area contributed by atoms with Gasteiger partial charge in [-0.1, -0.05) is 173 Å². The Morgan fingerprint density at radius 1 is 0.492 bits per heavy atom. The summed E-state index contributed by atoms with van der Waals surface area (Å²) in [5.41, 5.74) is 19.3. The summed E-state index contributed by atoms with van der Waals surface area (Å²) in [5.74, 6) is 0.696. The molecule has 0 N–H and O–H groups in total.